The lowest BCUT2D eigenvalue weighted by molar-refractivity contribution is -0.126. The molecule has 0 spiro atoms. The van der Waals surface area contributed by atoms with Crippen molar-refractivity contribution in [2.45, 2.75) is 39.2 Å². The van der Waals surface area contributed by atoms with Crippen molar-refractivity contribution < 1.29 is 9.59 Å². The van der Waals surface area contributed by atoms with Crippen LogP contribution in [0.15, 0.2) is 24.3 Å². The van der Waals surface area contributed by atoms with Crippen molar-refractivity contribution >= 4 is 17.4 Å². The summed E-state index contributed by atoms with van der Waals surface area (Å²) in [6, 6.07) is 7.72. The molecule has 1 heterocycles. The fraction of sp³-hybridized carbons (Fsp3) is 0.500. The minimum Gasteiger partial charge on any atom is -0.325 e. The largest absolute Gasteiger partial charge is 0.325 e. The Morgan fingerprint density at radius 3 is 2.40 bits per heavy atom. The second-order valence-electron chi connectivity index (χ2n) is 5.29. The number of benzene rings is 1. The van der Waals surface area contributed by atoms with Gasteiger partial charge in [0.25, 0.3) is 0 Å². The molecule has 0 aliphatic carbocycles. The van der Waals surface area contributed by atoms with Crippen molar-refractivity contribution in [2.24, 2.45) is 0 Å². The van der Waals surface area contributed by atoms with Crippen LogP contribution < -0.4 is 5.32 Å². The van der Waals surface area contributed by atoms with Crippen LogP contribution in [-0.2, 0) is 16.0 Å². The molecule has 0 bridgehead atoms. The van der Waals surface area contributed by atoms with Gasteiger partial charge in [-0.3, -0.25) is 14.5 Å². The number of aryl methyl sites for hydroxylation is 1. The number of Topliss-reactive ketones (excluding diaryl/α,β-unsaturated/α-hetero) is 1. The number of hydrogen-bond donors (Lipinski definition) is 1. The standard InChI is InChI=1S/C16H22N2O2/c1-3-13-4-6-14(7-5-13)17-16(20)12(2)18-10-8-15(19)9-11-18/h4-7,12H,3,8-11H2,1-2H3,(H,17,20). The third-order valence-corrected chi connectivity index (χ3v) is 3.91. The first-order chi connectivity index (χ1) is 9.60. The van der Waals surface area contributed by atoms with Crippen LogP contribution in [0.1, 0.15) is 32.3 Å². The lowest BCUT2D eigenvalue weighted by Crippen LogP contribution is -2.46. The Kier molecular flexibility index (Phi) is 4.90. The molecule has 1 aliphatic rings. The summed E-state index contributed by atoms with van der Waals surface area (Å²) in [4.78, 5) is 25.5. The molecule has 1 unspecified atom stereocenters. The average molecular weight is 274 g/mol. The van der Waals surface area contributed by atoms with Crippen LogP contribution in [0.3, 0.4) is 0 Å². The Morgan fingerprint density at radius 2 is 1.85 bits per heavy atom. The quantitative estimate of drug-likeness (QED) is 0.916. The topological polar surface area (TPSA) is 49.4 Å². The molecular weight excluding hydrogens is 252 g/mol. The molecule has 1 amide bonds. The molecule has 108 valence electrons. The van der Waals surface area contributed by atoms with Crippen molar-refractivity contribution in [3.05, 3.63) is 29.8 Å². The zero-order valence-corrected chi connectivity index (χ0v) is 12.2. The Balaban J connectivity index is 1.91. The van der Waals surface area contributed by atoms with Gasteiger partial charge in [-0.2, -0.15) is 0 Å². The SMILES string of the molecule is CCc1ccc(NC(=O)C(C)N2CCC(=O)CC2)cc1. The predicted octanol–water partition coefficient (Wildman–Crippen LogP) is 2.24. The molecule has 1 N–H and O–H groups in total. The summed E-state index contributed by atoms with van der Waals surface area (Å²) in [5, 5.41) is 2.94. The third kappa shape index (κ3) is 3.67. The van der Waals surface area contributed by atoms with Gasteiger partial charge in [-0.1, -0.05) is 19.1 Å². The first-order valence-electron chi connectivity index (χ1n) is 7.25. The number of likely N-dealkylation sites (tertiary alicyclic amines) is 1. The fourth-order valence-electron chi connectivity index (χ4n) is 2.40. The maximum absolute atomic E-state index is 12.2. The summed E-state index contributed by atoms with van der Waals surface area (Å²) in [5.74, 6) is 0.285. The van der Waals surface area contributed by atoms with E-state index >= 15 is 0 Å². The van der Waals surface area contributed by atoms with Gasteiger partial charge in [-0.15, -0.1) is 0 Å². The van der Waals surface area contributed by atoms with E-state index in [1.165, 1.54) is 5.56 Å². The second-order valence-corrected chi connectivity index (χ2v) is 5.29. The Bertz CT molecular complexity index is 472. The van der Waals surface area contributed by atoms with Gasteiger partial charge >= 0.3 is 0 Å². The van der Waals surface area contributed by atoms with Crippen LogP contribution in [-0.4, -0.2) is 35.7 Å². The Labute approximate surface area is 120 Å². The molecule has 2 rings (SSSR count). The second kappa shape index (κ2) is 6.66. The summed E-state index contributed by atoms with van der Waals surface area (Å²) in [6.07, 6.45) is 2.11. The van der Waals surface area contributed by atoms with Crippen molar-refractivity contribution in [1.82, 2.24) is 4.90 Å². The van der Waals surface area contributed by atoms with Crippen LogP contribution in [0.4, 0.5) is 5.69 Å². The lowest BCUT2D eigenvalue weighted by atomic mass is 10.1. The monoisotopic (exact) mass is 274 g/mol. The molecule has 1 saturated heterocycles. The predicted molar refractivity (Wildman–Crippen MR) is 79.7 cm³/mol. The minimum absolute atomic E-state index is 0.0106. The van der Waals surface area contributed by atoms with Gasteiger partial charge in [0, 0.05) is 31.6 Å². The highest BCUT2D eigenvalue weighted by atomic mass is 16.2. The van der Waals surface area contributed by atoms with E-state index in [9.17, 15) is 9.59 Å². The number of rotatable bonds is 4. The molecule has 0 aromatic heterocycles. The van der Waals surface area contributed by atoms with E-state index in [2.05, 4.69) is 17.1 Å². The molecule has 4 heteroatoms. The number of carbonyl (C=O) groups excluding carboxylic acids is 2. The van der Waals surface area contributed by atoms with Gasteiger partial charge in [0.1, 0.15) is 5.78 Å². The van der Waals surface area contributed by atoms with E-state index in [1.807, 2.05) is 31.2 Å². The highest BCUT2D eigenvalue weighted by Gasteiger charge is 2.25. The maximum Gasteiger partial charge on any atom is 0.241 e. The van der Waals surface area contributed by atoms with Crippen LogP contribution >= 0.6 is 0 Å². The van der Waals surface area contributed by atoms with Crippen molar-refractivity contribution in [3.63, 3.8) is 0 Å². The zero-order valence-electron chi connectivity index (χ0n) is 12.2. The van der Waals surface area contributed by atoms with Crippen molar-refractivity contribution in [1.29, 1.82) is 0 Å². The van der Waals surface area contributed by atoms with E-state index < -0.39 is 0 Å². The van der Waals surface area contributed by atoms with Crippen LogP contribution in [0, 0.1) is 0 Å². The zero-order chi connectivity index (χ0) is 14.5. The molecular formula is C16H22N2O2. The number of nitrogens with zero attached hydrogens (tertiary/aromatic N) is 1. The number of hydrogen-bond acceptors (Lipinski definition) is 3. The number of amides is 1. The molecule has 1 aromatic carbocycles. The lowest BCUT2D eigenvalue weighted by Gasteiger charge is -2.30. The highest BCUT2D eigenvalue weighted by Crippen LogP contribution is 2.14. The smallest absolute Gasteiger partial charge is 0.241 e. The average Bonchev–Trinajstić information content (AvgIpc) is 2.48. The summed E-state index contributed by atoms with van der Waals surface area (Å²) in [7, 11) is 0. The van der Waals surface area contributed by atoms with Gasteiger partial charge in [0.2, 0.25) is 5.91 Å². The Morgan fingerprint density at radius 1 is 1.25 bits per heavy atom. The third-order valence-electron chi connectivity index (χ3n) is 3.91. The van der Waals surface area contributed by atoms with E-state index in [1.54, 1.807) is 0 Å². The van der Waals surface area contributed by atoms with Gasteiger partial charge < -0.3 is 5.32 Å². The van der Waals surface area contributed by atoms with Gasteiger partial charge in [-0.25, -0.2) is 0 Å². The molecule has 0 radical (unpaired) electrons. The maximum atomic E-state index is 12.2. The summed E-state index contributed by atoms with van der Waals surface area (Å²) < 4.78 is 0. The first kappa shape index (κ1) is 14.7. The fourth-order valence-corrected chi connectivity index (χ4v) is 2.40. The van der Waals surface area contributed by atoms with E-state index in [0.717, 1.165) is 12.1 Å². The summed E-state index contributed by atoms with van der Waals surface area (Å²) in [5.41, 5.74) is 2.08. The number of nitrogens with one attached hydrogen (secondary N) is 1. The molecule has 0 saturated carbocycles. The number of carbonyl (C=O) groups is 2. The van der Waals surface area contributed by atoms with Gasteiger partial charge in [0.15, 0.2) is 0 Å². The van der Waals surface area contributed by atoms with Gasteiger partial charge in [-0.05, 0) is 31.0 Å². The molecule has 1 atom stereocenters. The van der Waals surface area contributed by atoms with Crippen molar-refractivity contribution in [2.75, 3.05) is 18.4 Å². The minimum atomic E-state index is -0.200. The number of piperidine rings is 1. The molecule has 20 heavy (non-hydrogen) atoms. The van der Waals surface area contributed by atoms with E-state index in [4.69, 9.17) is 0 Å². The van der Waals surface area contributed by atoms with Crippen LogP contribution in [0.25, 0.3) is 0 Å². The van der Waals surface area contributed by atoms with Gasteiger partial charge in [0.05, 0.1) is 6.04 Å². The normalized spacial score (nSPS) is 17.8. The van der Waals surface area contributed by atoms with Crippen LogP contribution in [0.2, 0.25) is 0 Å². The van der Waals surface area contributed by atoms with Crippen LogP contribution in [0.5, 0.6) is 0 Å². The summed E-state index contributed by atoms with van der Waals surface area (Å²) >= 11 is 0. The first-order valence-corrected chi connectivity index (χ1v) is 7.25. The molecule has 4 nitrogen and oxygen atoms in total. The number of ketones is 1. The molecule has 1 aromatic rings. The van der Waals surface area contributed by atoms with E-state index in [0.29, 0.717) is 31.7 Å². The summed E-state index contributed by atoms with van der Waals surface area (Å²) in [6.45, 7) is 5.36. The van der Waals surface area contributed by atoms with Crippen molar-refractivity contribution in [3.8, 4) is 0 Å². The molecule has 1 aliphatic heterocycles. The number of anilines is 1. The van der Waals surface area contributed by atoms with E-state index in [-0.39, 0.29) is 11.9 Å². The highest BCUT2D eigenvalue weighted by molar-refractivity contribution is 5.94. The molecule has 1 fully saturated rings. The Hall–Kier alpha value is -1.68.